The van der Waals surface area contributed by atoms with Crippen LogP contribution in [0.5, 0.6) is 0 Å². The number of benzene rings is 2. The molecule has 0 atom stereocenters. The van der Waals surface area contributed by atoms with Crippen molar-refractivity contribution in [2.45, 2.75) is 70.6 Å². The third-order valence-electron chi connectivity index (χ3n) is 5.58. The Hall–Kier alpha value is -2.62. The quantitative estimate of drug-likeness (QED) is 0.297. The smallest absolute Gasteiger partial charge is 0.338 e. The van der Waals surface area contributed by atoms with E-state index in [-0.39, 0.29) is 16.5 Å². The van der Waals surface area contributed by atoms with Crippen LogP contribution in [0.25, 0.3) is 0 Å². The van der Waals surface area contributed by atoms with Gasteiger partial charge in [0.05, 0.1) is 17.7 Å². The van der Waals surface area contributed by atoms with Crippen LogP contribution >= 0.6 is 0 Å². The van der Waals surface area contributed by atoms with Crippen molar-refractivity contribution in [2.24, 2.45) is 0 Å². The number of hydrogen-bond donors (Lipinski definition) is 1. The van der Waals surface area contributed by atoms with Gasteiger partial charge in [-0.1, -0.05) is 88.8 Å². The summed E-state index contributed by atoms with van der Waals surface area (Å²) in [6.45, 7) is 5.02. The summed E-state index contributed by atoms with van der Waals surface area (Å²) in [6, 6.07) is 16.7. The highest BCUT2D eigenvalue weighted by Gasteiger charge is 2.19. The van der Waals surface area contributed by atoms with E-state index in [0.29, 0.717) is 6.61 Å². The van der Waals surface area contributed by atoms with E-state index in [0.717, 1.165) is 19.3 Å². The molecule has 4 nitrogen and oxygen atoms in total. The van der Waals surface area contributed by atoms with E-state index in [2.05, 4.69) is 44.2 Å². The van der Waals surface area contributed by atoms with Crippen LogP contribution in [-0.4, -0.2) is 23.7 Å². The normalized spacial score (nSPS) is 11.3. The monoisotopic (exact) mass is 410 g/mol. The molecule has 0 saturated carbocycles. The first kappa shape index (κ1) is 23.7. The maximum absolute atomic E-state index is 12.0. The lowest BCUT2D eigenvalue weighted by Gasteiger charge is -2.25. The van der Waals surface area contributed by atoms with Crippen LogP contribution in [0.3, 0.4) is 0 Å². The molecule has 2 aromatic rings. The standard InChI is InChI=1S/C26H34O4/c1-26(2,23-16-9-8-10-17-23)18-11-6-4-3-5-7-12-19-30-25(29)22-15-13-14-21(20-22)24(27)28/h8-10,13-17,20H,3-7,11-12,18-19H2,1-2H3,(H,27,28). The fourth-order valence-corrected chi connectivity index (χ4v) is 3.61. The largest absolute Gasteiger partial charge is 0.478 e. The first-order chi connectivity index (χ1) is 14.4. The summed E-state index contributed by atoms with van der Waals surface area (Å²) in [6.07, 6.45) is 9.18. The van der Waals surface area contributed by atoms with Crippen molar-refractivity contribution in [1.29, 1.82) is 0 Å². The molecule has 0 amide bonds. The van der Waals surface area contributed by atoms with Gasteiger partial charge in [-0.05, 0) is 42.0 Å². The first-order valence-electron chi connectivity index (χ1n) is 11.0. The number of carbonyl (C=O) groups excluding carboxylic acids is 1. The Balaban J connectivity index is 1.51. The number of ether oxygens (including phenoxy) is 1. The van der Waals surface area contributed by atoms with Crippen LogP contribution in [0.4, 0.5) is 0 Å². The highest BCUT2D eigenvalue weighted by molar-refractivity contribution is 5.94. The van der Waals surface area contributed by atoms with Crippen molar-refractivity contribution in [1.82, 2.24) is 0 Å². The molecule has 0 aliphatic rings. The summed E-state index contributed by atoms with van der Waals surface area (Å²) in [5.74, 6) is -1.51. The van der Waals surface area contributed by atoms with E-state index >= 15 is 0 Å². The second kappa shape index (κ2) is 12.2. The number of aromatic carboxylic acids is 1. The fraction of sp³-hybridized carbons (Fsp3) is 0.462. The van der Waals surface area contributed by atoms with Crippen LogP contribution in [0.1, 0.15) is 91.5 Å². The average molecular weight is 411 g/mol. The molecule has 0 aliphatic heterocycles. The number of rotatable bonds is 13. The van der Waals surface area contributed by atoms with Crippen LogP contribution in [0, 0.1) is 0 Å². The maximum Gasteiger partial charge on any atom is 0.338 e. The van der Waals surface area contributed by atoms with Crippen molar-refractivity contribution in [2.75, 3.05) is 6.61 Å². The summed E-state index contributed by atoms with van der Waals surface area (Å²) >= 11 is 0. The fourth-order valence-electron chi connectivity index (χ4n) is 3.61. The van der Waals surface area contributed by atoms with Crippen molar-refractivity contribution in [3.63, 3.8) is 0 Å². The predicted octanol–water partition coefficient (Wildman–Crippen LogP) is 6.64. The van der Waals surface area contributed by atoms with Crippen LogP contribution in [0.15, 0.2) is 54.6 Å². The topological polar surface area (TPSA) is 63.6 Å². The lowest BCUT2D eigenvalue weighted by molar-refractivity contribution is 0.0497. The van der Waals surface area contributed by atoms with Gasteiger partial charge in [0, 0.05) is 0 Å². The second-order valence-electron chi connectivity index (χ2n) is 8.50. The summed E-state index contributed by atoms with van der Waals surface area (Å²) < 4.78 is 5.26. The molecular weight excluding hydrogens is 376 g/mol. The number of unbranched alkanes of at least 4 members (excludes halogenated alkanes) is 6. The van der Waals surface area contributed by atoms with Crippen molar-refractivity contribution in [3.8, 4) is 0 Å². The van der Waals surface area contributed by atoms with E-state index in [4.69, 9.17) is 9.84 Å². The minimum absolute atomic E-state index is 0.0941. The van der Waals surface area contributed by atoms with E-state index in [1.165, 1.54) is 49.8 Å². The number of esters is 1. The molecule has 0 unspecified atom stereocenters. The molecule has 30 heavy (non-hydrogen) atoms. The zero-order chi connectivity index (χ0) is 21.8. The van der Waals surface area contributed by atoms with Gasteiger partial charge in [-0.3, -0.25) is 0 Å². The number of carboxylic acid groups (broad SMARTS) is 1. The van der Waals surface area contributed by atoms with E-state index in [9.17, 15) is 9.59 Å². The molecule has 0 spiro atoms. The summed E-state index contributed by atoms with van der Waals surface area (Å²) in [5, 5.41) is 8.98. The Kier molecular flexibility index (Phi) is 9.59. The SMILES string of the molecule is CC(C)(CCCCCCCCCOC(=O)c1cccc(C(=O)O)c1)c1ccccc1. The molecule has 0 bridgehead atoms. The Morgan fingerprint density at radius 1 is 0.800 bits per heavy atom. The van der Waals surface area contributed by atoms with Gasteiger partial charge in [0.1, 0.15) is 0 Å². The zero-order valence-electron chi connectivity index (χ0n) is 18.2. The molecule has 2 rings (SSSR count). The van der Waals surface area contributed by atoms with Crippen LogP contribution in [-0.2, 0) is 10.2 Å². The molecule has 0 aliphatic carbocycles. The van der Waals surface area contributed by atoms with Gasteiger partial charge < -0.3 is 9.84 Å². The molecule has 0 saturated heterocycles. The van der Waals surface area contributed by atoms with Crippen LogP contribution in [0.2, 0.25) is 0 Å². The van der Waals surface area contributed by atoms with Gasteiger partial charge >= 0.3 is 11.9 Å². The Bertz CT molecular complexity index is 796. The molecule has 4 heteroatoms. The molecule has 0 radical (unpaired) electrons. The summed E-state index contributed by atoms with van der Waals surface area (Å²) in [7, 11) is 0. The van der Waals surface area contributed by atoms with Crippen LogP contribution < -0.4 is 0 Å². The highest BCUT2D eigenvalue weighted by atomic mass is 16.5. The van der Waals surface area contributed by atoms with E-state index < -0.39 is 11.9 Å². The first-order valence-corrected chi connectivity index (χ1v) is 11.0. The maximum atomic E-state index is 12.0. The molecule has 1 N–H and O–H groups in total. The molecule has 2 aromatic carbocycles. The Morgan fingerprint density at radius 3 is 2.07 bits per heavy atom. The van der Waals surface area contributed by atoms with Gasteiger partial charge in [-0.15, -0.1) is 0 Å². The van der Waals surface area contributed by atoms with Gasteiger partial charge in [0.15, 0.2) is 0 Å². The lowest BCUT2D eigenvalue weighted by Crippen LogP contribution is -2.16. The molecule has 0 fully saturated rings. The minimum atomic E-state index is -1.05. The van der Waals surface area contributed by atoms with Crippen molar-refractivity contribution >= 4 is 11.9 Å². The Labute approximate surface area is 180 Å². The van der Waals surface area contributed by atoms with E-state index in [1.807, 2.05) is 0 Å². The Morgan fingerprint density at radius 2 is 1.40 bits per heavy atom. The number of hydrogen-bond acceptors (Lipinski definition) is 3. The lowest BCUT2D eigenvalue weighted by atomic mass is 9.80. The molecular formula is C26H34O4. The van der Waals surface area contributed by atoms with Gasteiger partial charge in [0.25, 0.3) is 0 Å². The summed E-state index contributed by atoms with van der Waals surface area (Å²) in [4.78, 5) is 23.0. The second-order valence-corrected chi connectivity index (χ2v) is 8.50. The van der Waals surface area contributed by atoms with Gasteiger partial charge in [-0.2, -0.15) is 0 Å². The minimum Gasteiger partial charge on any atom is -0.478 e. The van der Waals surface area contributed by atoms with Crippen molar-refractivity contribution in [3.05, 3.63) is 71.3 Å². The molecule has 0 heterocycles. The third kappa shape index (κ3) is 8.02. The predicted molar refractivity (Wildman–Crippen MR) is 120 cm³/mol. The molecule has 162 valence electrons. The molecule has 0 aromatic heterocycles. The highest BCUT2D eigenvalue weighted by Crippen LogP contribution is 2.29. The number of carbonyl (C=O) groups is 2. The zero-order valence-corrected chi connectivity index (χ0v) is 18.2. The van der Waals surface area contributed by atoms with Crippen molar-refractivity contribution < 1.29 is 19.4 Å². The average Bonchev–Trinajstić information content (AvgIpc) is 2.75. The van der Waals surface area contributed by atoms with Gasteiger partial charge in [-0.25, -0.2) is 9.59 Å². The van der Waals surface area contributed by atoms with Gasteiger partial charge in [0.2, 0.25) is 0 Å². The van der Waals surface area contributed by atoms with E-state index in [1.54, 1.807) is 12.1 Å². The summed E-state index contributed by atoms with van der Waals surface area (Å²) in [5.41, 5.74) is 2.02. The number of carboxylic acids is 1. The third-order valence-corrected chi connectivity index (χ3v) is 5.58.